The van der Waals surface area contributed by atoms with Crippen LogP contribution in [0, 0.1) is 23.3 Å². The molecular formula is C85H86F4N8O14S4. The third kappa shape index (κ3) is 17.7. The Morgan fingerprint density at radius 1 is 0.452 bits per heavy atom. The Hall–Kier alpha value is -10.6. The summed E-state index contributed by atoms with van der Waals surface area (Å²) in [7, 11) is 9.35. The maximum Gasteiger partial charge on any atom is 0.341 e. The van der Waals surface area contributed by atoms with Crippen molar-refractivity contribution in [3.63, 3.8) is 0 Å². The number of esters is 2. The number of methoxy groups -OCH3 is 2. The lowest BCUT2D eigenvalue weighted by Crippen LogP contribution is -2.29. The molecule has 0 saturated carbocycles. The Labute approximate surface area is 677 Å². The number of hydrogen-bond donors (Lipinski definition) is 2. The van der Waals surface area contributed by atoms with Crippen LogP contribution in [0.3, 0.4) is 0 Å². The molecule has 0 saturated heterocycles. The van der Waals surface area contributed by atoms with E-state index >= 15 is 4.39 Å². The number of fused-ring (bicyclic) bond motifs is 4. The Morgan fingerprint density at radius 3 is 1.05 bits per heavy atom. The van der Waals surface area contributed by atoms with Crippen LogP contribution in [0.1, 0.15) is 135 Å². The van der Waals surface area contributed by atoms with Gasteiger partial charge in [0.2, 0.25) is 0 Å². The zero-order valence-electron chi connectivity index (χ0n) is 65.4. The molecule has 12 heterocycles. The first-order valence-electron chi connectivity index (χ1n) is 37.2. The number of thiophene rings is 4. The first kappa shape index (κ1) is 82.4. The van der Waals surface area contributed by atoms with Gasteiger partial charge < -0.3 is 48.1 Å². The van der Waals surface area contributed by atoms with E-state index in [1.807, 2.05) is 115 Å². The van der Waals surface area contributed by atoms with Gasteiger partial charge in [-0.25, -0.2) is 31.9 Å². The second kappa shape index (κ2) is 34.8. The van der Waals surface area contributed by atoms with Gasteiger partial charge in [-0.15, -0.1) is 45.3 Å². The van der Waals surface area contributed by atoms with Crippen molar-refractivity contribution >= 4 is 69.5 Å². The molecule has 3 unspecified atom stereocenters. The lowest BCUT2D eigenvalue weighted by atomic mass is 9.94. The Morgan fingerprint density at radius 2 is 0.748 bits per heavy atom. The lowest BCUT2D eigenvalue weighted by molar-refractivity contribution is -0.165. The highest BCUT2D eigenvalue weighted by molar-refractivity contribution is 7.14. The van der Waals surface area contributed by atoms with Gasteiger partial charge in [0.05, 0.1) is 88.4 Å². The van der Waals surface area contributed by atoms with E-state index in [0.29, 0.717) is 135 Å². The molecule has 4 aliphatic heterocycles. The quantitative estimate of drug-likeness (QED) is 0.0488. The maximum absolute atomic E-state index is 15.1. The fraction of sp³-hybridized carbons (Fsp3) is 0.341. The Balaban J connectivity index is 0.000000134. The summed E-state index contributed by atoms with van der Waals surface area (Å²) in [5, 5.41) is 46.7. The summed E-state index contributed by atoms with van der Waals surface area (Å²) in [5.41, 5.74) is 10.8. The number of aryl methyl sites for hydroxylation is 8. The van der Waals surface area contributed by atoms with Gasteiger partial charge in [-0.1, -0.05) is 24.3 Å². The second-order valence-corrected chi connectivity index (χ2v) is 33.3. The standard InChI is InChI=1S/C24H27FN2O4S.C23H25FN2O4S.C20H19FN2O4S.C18H15FN2O2S/c1-24(2,3)31-22(23(28)29-5)20-18(19(26-27(20)4)17-9-7-11-32-17)15-12-14-8-6-10-30-21(14)16(25)13-15;1-23(2,3)30-21(22(27)28)19-17(18(25-26(19)4)16-8-6-10-31-16)14-11-13-7-5-9-29-20(13)15(24)12-14;1-23-17(18(24)20(25)26-2)15(16(22-23)14-6-4-8-28-14)12-9-11-5-3-7-27-19(11)13(21)10-12;1-21-14(10-22)16(17(20-21)15-5-3-7-24-15)12-8-11-4-2-6-23-18(11)13(19)9-12/h7,9,11-13,22H,6,8,10H2,1-5H3;6,8,10-12,21H,5,7,9H2,1-4H3,(H,27,28);4,6,8-10,18,24H,3,5,7H2,1-2H3;3,5,7-10H,2,4,6H2,1H3. The first-order valence-corrected chi connectivity index (χ1v) is 40.7. The molecule has 0 bridgehead atoms. The van der Waals surface area contributed by atoms with Crippen LogP contribution in [0.15, 0.2) is 119 Å². The first-order chi connectivity index (χ1) is 55.0. The molecule has 16 rings (SSSR count). The Kier molecular flexibility index (Phi) is 25.0. The van der Waals surface area contributed by atoms with Crippen LogP contribution in [0.25, 0.3) is 86.8 Å². The van der Waals surface area contributed by atoms with E-state index in [9.17, 15) is 42.6 Å². The number of carboxylic acids is 1. The SMILES string of the molecule is COC(=O)C(O)c1c(-c2cc(F)c3c(c2)CCCO3)c(-c2cccs2)nn1C.COC(=O)C(OC(C)(C)C)c1c(-c2cc(F)c3c(c2)CCCO3)c(-c2cccs2)nn1C.Cn1nc(-c2cccs2)c(-c2cc(F)c3c(c2)CCCO3)c1C(OC(C)(C)C)C(=O)O.Cn1nc(-c2cccs2)c(-c2cc(F)c3c(c2)CCCO3)c1C=O. The van der Waals surface area contributed by atoms with Crippen LogP contribution in [0.2, 0.25) is 0 Å². The lowest BCUT2D eigenvalue weighted by Gasteiger charge is -2.27. The number of carbonyl (C=O) groups is 4. The number of aldehydes is 1. The average Bonchev–Trinajstić information content (AvgIpc) is 1.64. The van der Waals surface area contributed by atoms with Crippen molar-refractivity contribution in [1.82, 2.24) is 39.1 Å². The third-order valence-electron chi connectivity index (χ3n) is 19.2. The van der Waals surface area contributed by atoms with Crippen molar-refractivity contribution in [2.24, 2.45) is 28.2 Å². The van der Waals surface area contributed by atoms with Gasteiger partial charge in [0.1, 0.15) is 28.5 Å². The number of carboxylic acid groups (broad SMARTS) is 1. The number of benzene rings is 4. The minimum Gasteiger partial charge on any atom is -0.490 e. The molecule has 0 aliphatic carbocycles. The van der Waals surface area contributed by atoms with Gasteiger partial charge in [0, 0.05) is 50.4 Å². The molecule has 0 spiro atoms. The number of aliphatic carboxylic acids is 1. The van der Waals surface area contributed by atoms with Crippen molar-refractivity contribution < 1.29 is 84.8 Å². The van der Waals surface area contributed by atoms with Gasteiger partial charge in [-0.2, -0.15) is 20.4 Å². The Bertz CT molecular complexity index is 5540. The molecule has 4 aliphatic rings. The molecule has 602 valence electrons. The van der Waals surface area contributed by atoms with Crippen LogP contribution in [-0.2, 0) is 87.2 Å². The summed E-state index contributed by atoms with van der Waals surface area (Å²) in [6, 6.07) is 28.6. The largest absolute Gasteiger partial charge is 0.490 e. The molecule has 0 radical (unpaired) electrons. The highest BCUT2D eigenvalue weighted by Crippen LogP contribution is 2.48. The van der Waals surface area contributed by atoms with E-state index in [0.717, 1.165) is 86.6 Å². The summed E-state index contributed by atoms with van der Waals surface area (Å²) >= 11 is 6.03. The van der Waals surface area contributed by atoms with Gasteiger partial charge >= 0.3 is 17.9 Å². The van der Waals surface area contributed by atoms with Crippen LogP contribution < -0.4 is 18.9 Å². The smallest absolute Gasteiger partial charge is 0.341 e. The topological polar surface area (TPSA) is 254 Å². The minimum atomic E-state index is -1.54. The molecule has 2 N–H and O–H groups in total. The number of rotatable bonds is 17. The summed E-state index contributed by atoms with van der Waals surface area (Å²) in [4.78, 5) is 52.3. The fourth-order valence-corrected chi connectivity index (χ4v) is 17.3. The average molecular weight is 1650 g/mol. The normalized spacial score (nSPS) is 14.3. The maximum atomic E-state index is 15.1. The van der Waals surface area contributed by atoms with Gasteiger partial charge in [-0.05, 0) is 232 Å². The number of aliphatic hydroxyl groups is 1. The van der Waals surface area contributed by atoms with Crippen molar-refractivity contribution in [2.75, 3.05) is 40.6 Å². The van der Waals surface area contributed by atoms with E-state index in [2.05, 4.69) is 15.3 Å². The molecule has 0 fully saturated rings. The number of halogens is 4. The summed E-state index contributed by atoms with van der Waals surface area (Å²) in [5.74, 6) is -3.01. The van der Waals surface area contributed by atoms with Crippen LogP contribution in [-0.4, -0.2) is 125 Å². The zero-order valence-corrected chi connectivity index (χ0v) is 68.6. The van der Waals surface area contributed by atoms with Crippen molar-refractivity contribution in [1.29, 1.82) is 0 Å². The van der Waals surface area contributed by atoms with Crippen molar-refractivity contribution in [2.45, 2.75) is 122 Å². The third-order valence-corrected chi connectivity index (χ3v) is 22.7. The van der Waals surface area contributed by atoms with Crippen molar-refractivity contribution in [3.8, 4) is 110 Å². The predicted octanol–water partition coefficient (Wildman–Crippen LogP) is 18.1. The molecular weight excluding hydrogens is 1560 g/mol. The van der Waals surface area contributed by atoms with Crippen LogP contribution >= 0.6 is 45.3 Å². The number of aromatic nitrogens is 8. The minimum absolute atomic E-state index is 0.256. The molecule has 12 aromatic rings. The fourth-order valence-electron chi connectivity index (χ4n) is 14.5. The van der Waals surface area contributed by atoms with Gasteiger partial charge in [-0.3, -0.25) is 23.5 Å². The number of carbonyl (C=O) groups excluding carboxylic acids is 3. The number of ether oxygens (including phenoxy) is 8. The number of aliphatic hydroxyl groups excluding tert-OH is 1. The molecule has 4 aromatic carbocycles. The molecule has 22 nitrogen and oxygen atoms in total. The van der Waals surface area contributed by atoms with E-state index in [1.54, 1.807) is 69.7 Å². The van der Waals surface area contributed by atoms with Crippen LogP contribution in [0.5, 0.6) is 23.0 Å². The molecule has 0 amide bonds. The summed E-state index contributed by atoms with van der Waals surface area (Å²) in [6.07, 6.45) is 3.12. The van der Waals surface area contributed by atoms with E-state index < -0.39 is 64.9 Å². The molecule has 115 heavy (non-hydrogen) atoms. The number of nitrogens with zero attached hydrogens (tertiary/aromatic N) is 8. The van der Waals surface area contributed by atoms with E-state index in [4.69, 9.17) is 43.0 Å². The molecule has 8 aromatic heterocycles. The van der Waals surface area contributed by atoms with Crippen molar-refractivity contribution in [3.05, 3.63) is 187 Å². The monoisotopic (exact) mass is 1650 g/mol. The zero-order chi connectivity index (χ0) is 81.9. The summed E-state index contributed by atoms with van der Waals surface area (Å²) in [6.45, 7) is 13.0. The highest BCUT2D eigenvalue weighted by Gasteiger charge is 2.39. The van der Waals surface area contributed by atoms with Gasteiger partial charge in [0.25, 0.3) is 0 Å². The van der Waals surface area contributed by atoms with E-state index in [-0.39, 0.29) is 23.0 Å². The number of hydrogen-bond acceptors (Lipinski definition) is 21. The van der Waals surface area contributed by atoms with Crippen LogP contribution in [0.4, 0.5) is 17.6 Å². The second-order valence-electron chi connectivity index (χ2n) is 29.6. The molecule has 30 heteroatoms. The predicted molar refractivity (Wildman–Crippen MR) is 432 cm³/mol. The summed E-state index contributed by atoms with van der Waals surface area (Å²) < 4.78 is 109. The highest BCUT2D eigenvalue weighted by atomic mass is 32.1. The van der Waals surface area contributed by atoms with E-state index in [1.165, 1.54) is 81.9 Å². The van der Waals surface area contributed by atoms with Gasteiger partial charge in [0.15, 0.2) is 70.9 Å². The molecule has 3 atom stereocenters.